The van der Waals surface area contributed by atoms with Gasteiger partial charge < -0.3 is 9.64 Å². The standard InChI is InChI=1S/C15H13FN4O2/c1-20(10-4-6-14(22-2)11(16)8-10)15(21)9-3-5-12-13(7-9)18-19-17-12/h3-8H,1-2H3,(H,17,18,19). The molecule has 1 aromatic heterocycles. The smallest absolute Gasteiger partial charge is 0.258 e. The number of hydrogen-bond donors (Lipinski definition) is 1. The lowest BCUT2D eigenvalue weighted by atomic mass is 10.1. The lowest BCUT2D eigenvalue weighted by Gasteiger charge is -2.18. The van der Waals surface area contributed by atoms with Crippen molar-refractivity contribution in [3.8, 4) is 5.75 Å². The predicted molar refractivity (Wildman–Crippen MR) is 79.6 cm³/mol. The zero-order valence-electron chi connectivity index (χ0n) is 12.0. The number of benzene rings is 2. The summed E-state index contributed by atoms with van der Waals surface area (Å²) in [5.74, 6) is -0.658. The Labute approximate surface area is 125 Å². The van der Waals surface area contributed by atoms with E-state index in [2.05, 4.69) is 15.4 Å². The number of nitrogens with one attached hydrogen (secondary N) is 1. The molecule has 1 amide bonds. The van der Waals surface area contributed by atoms with Gasteiger partial charge in [0.05, 0.1) is 7.11 Å². The van der Waals surface area contributed by atoms with Crippen molar-refractivity contribution in [2.24, 2.45) is 0 Å². The van der Waals surface area contributed by atoms with Gasteiger partial charge in [0.25, 0.3) is 5.91 Å². The molecule has 22 heavy (non-hydrogen) atoms. The topological polar surface area (TPSA) is 71.1 Å². The molecule has 0 radical (unpaired) electrons. The maximum atomic E-state index is 13.8. The SMILES string of the molecule is COc1ccc(N(C)C(=O)c2ccc3n[nH]nc3c2)cc1F. The Hall–Kier alpha value is -2.96. The van der Waals surface area contributed by atoms with Gasteiger partial charge in [-0.3, -0.25) is 4.79 Å². The number of hydrogen-bond acceptors (Lipinski definition) is 4. The van der Waals surface area contributed by atoms with Crippen LogP contribution in [0.5, 0.6) is 5.75 Å². The summed E-state index contributed by atoms with van der Waals surface area (Å²) in [5.41, 5.74) is 2.15. The van der Waals surface area contributed by atoms with Gasteiger partial charge in [-0.05, 0) is 30.3 Å². The van der Waals surface area contributed by atoms with Crippen LogP contribution in [0.15, 0.2) is 36.4 Å². The van der Waals surface area contributed by atoms with Crippen molar-refractivity contribution in [1.82, 2.24) is 15.4 Å². The molecule has 0 saturated heterocycles. The number of nitrogens with zero attached hydrogens (tertiary/aromatic N) is 3. The second-order valence-electron chi connectivity index (χ2n) is 4.71. The molecule has 3 aromatic rings. The molecule has 3 rings (SSSR count). The number of fused-ring (bicyclic) bond motifs is 1. The van der Waals surface area contributed by atoms with Crippen LogP contribution in [0.4, 0.5) is 10.1 Å². The zero-order chi connectivity index (χ0) is 15.7. The second kappa shape index (κ2) is 5.44. The van der Waals surface area contributed by atoms with Crippen molar-refractivity contribution >= 4 is 22.6 Å². The summed E-state index contributed by atoms with van der Waals surface area (Å²) in [6, 6.07) is 9.35. The molecular weight excluding hydrogens is 287 g/mol. The van der Waals surface area contributed by atoms with Crippen LogP contribution in [0.25, 0.3) is 11.0 Å². The van der Waals surface area contributed by atoms with E-state index < -0.39 is 5.82 Å². The first kappa shape index (κ1) is 14.0. The minimum atomic E-state index is -0.522. The summed E-state index contributed by atoms with van der Waals surface area (Å²) in [6.45, 7) is 0. The molecule has 6 nitrogen and oxygen atoms in total. The number of anilines is 1. The van der Waals surface area contributed by atoms with Crippen LogP contribution < -0.4 is 9.64 Å². The number of halogens is 1. The number of rotatable bonds is 3. The van der Waals surface area contributed by atoms with Crippen LogP contribution in [0.3, 0.4) is 0 Å². The van der Waals surface area contributed by atoms with E-state index >= 15 is 0 Å². The molecule has 2 aromatic carbocycles. The lowest BCUT2D eigenvalue weighted by Crippen LogP contribution is -2.26. The summed E-state index contributed by atoms with van der Waals surface area (Å²) in [7, 11) is 2.97. The van der Waals surface area contributed by atoms with Gasteiger partial charge in [0, 0.05) is 24.4 Å². The molecule has 0 aliphatic carbocycles. The fourth-order valence-corrected chi connectivity index (χ4v) is 2.15. The Balaban J connectivity index is 1.91. The molecule has 0 aliphatic heterocycles. The number of aromatic nitrogens is 3. The molecule has 7 heteroatoms. The van der Waals surface area contributed by atoms with Crippen molar-refractivity contribution in [3.05, 3.63) is 47.8 Å². The summed E-state index contributed by atoms with van der Waals surface area (Å²) >= 11 is 0. The van der Waals surface area contributed by atoms with Gasteiger partial charge in [-0.1, -0.05) is 0 Å². The molecule has 0 aliphatic rings. The first-order valence-corrected chi connectivity index (χ1v) is 6.52. The van der Waals surface area contributed by atoms with Crippen molar-refractivity contribution in [1.29, 1.82) is 0 Å². The predicted octanol–water partition coefficient (Wildman–Crippen LogP) is 2.38. The van der Waals surface area contributed by atoms with Gasteiger partial charge in [-0.2, -0.15) is 15.4 Å². The zero-order valence-corrected chi connectivity index (χ0v) is 12.0. The Morgan fingerprint density at radius 1 is 1.18 bits per heavy atom. The summed E-state index contributed by atoms with van der Waals surface area (Å²) < 4.78 is 18.6. The molecule has 0 unspecified atom stereocenters. The molecule has 0 bridgehead atoms. The molecule has 112 valence electrons. The van der Waals surface area contributed by atoms with Crippen LogP contribution in [-0.4, -0.2) is 35.5 Å². The van der Waals surface area contributed by atoms with Gasteiger partial charge in [0.15, 0.2) is 11.6 Å². The van der Waals surface area contributed by atoms with Gasteiger partial charge in [-0.15, -0.1) is 0 Å². The number of ether oxygens (including phenoxy) is 1. The lowest BCUT2D eigenvalue weighted by molar-refractivity contribution is 0.0993. The number of carbonyl (C=O) groups excluding carboxylic acids is 1. The average molecular weight is 300 g/mol. The molecule has 0 fully saturated rings. The normalized spacial score (nSPS) is 10.7. The van der Waals surface area contributed by atoms with Gasteiger partial charge in [-0.25, -0.2) is 4.39 Å². The summed E-state index contributed by atoms with van der Waals surface area (Å²) in [5, 5.41) is 10.4. The third-order valence-electron chi connectivity index (χ3n) is 3.39. The highest BCUT2D eigenvalue weighted by Crippen LogP contribution is 2.24. The molecule has 1 heterocycles. The third-order valence-corrected chi connectivity index (χ3v) is 3.39. The van der Waals surface area contributed by atoms with Crippen molar-refractivity contribution < 1.29 is 13.9 Å². The van der Waals surface area contributed by atoms with E-state index in [4.69, 9.17) is 4.74 Å². The Bertz CT molecular complexity index is 846. The van der Waals surface area contributed by atoms with E-state index in [1.54, 1.807) is 31.3 Å². The highest BCUT2D eigenvalue weighted by atomic mass is 19.1. The van der Waals surface area contributed by atoms with Gasteiger partial charge >= 0.3 is 0 Å². The minimum Gasteiger partial charge on any atom is -0.494 e. The van der Waals surface area contributed by atoms with Gasteiger partial charge in [0.2, 0.25) is 0 Å². The Morgan fingerprint density at radius 3 is 2.68 bits per heavy atom. The van der Waals surface area contributed by atoms with Crippen molar-refractivity contribution in [3.63, 3.8) is 0 Å². The quantitative estimate of drug-likeness (QED) is 0.806. The maximum Gasteiger partial charge on any atom is 0.258 e. The minimum absolute atomic E-state index is 0.133. The molecule has 0 spiro atoms. The summed E-state index contributed by atoms with van der Waals surface area (Å²) in [4.78, 5) is 13.9. The van der Waals surface area contributed by atoms with Crippen LogP contribution >= 0.6 is 0 Å². The largest absolute Gasteiger partial charge is 0.494 e. The van der Waals surface area contributed by atoms with E-state index in [1.807, 2.05) is 0 Å². The van der Waals surface area contributed by atoms with E-state index in [0.717, 1.165) is 0 Å². The molecule has 0 saturated carbocycles. The average Bonchev–Trinajstić information content (AvgIpc) is 3.00. The van der Waals surface area contributed by atoms with E-state index in [0.29, 0.717) is 22.3 Å². The summed E-state index contributed by atoms with van der Waals surface area (Å²) in [6.07, 6.45) is 0. The van der Waals surface area contributed by atoms with Crippen LogP contribution in [-0.2, 0) is 0 Å². The highest BCUT2D eigenvalue weighted by Gasteiger charge is 2.16. The number of amides is 1. The van der Waals surface area contributed by atoms with Crippen LogP contribution in [0.2, 0.25) is 0 Å². The first-order valence-electron chi connectivity index (χ1n) is 6.52. The van der Waals surface area contributed by atoms with Crippen LogP contribution in [0, 0.1) is 5.82 Å². The Kier molecular flexibility index (Phi) is 3.46. The fraction of sp³-hybridized carbons (Fsp3) is 0.133. The molecule has 1 N–H and O–H groups in total. The molecule has 0 atom stereocenters. The number of methoxy groups -OCH3 is 1. The monoisotopic (exact) mass is 300 g/mol. The number of aromatic amines is 1. The van der Waals surface area contributed by atoms with Crippen molar-refractivity contribution in [2.45, 2.75) is 0 Å². The number of H-pyrrole nitrogens is 1. The second-order valence-corrected chi connectivity index (χ2v) is 4.71. The Morgan fingerprint density at radius 2 is 1.95 bits per heavy atom. The third kappa shape index (κ3) is 2.37. The van der Waals surface area contributed by atoms with E-state index in [9.17, 15) is 9.18 Å². The van der Waals surface area contributed by atoms with E-state index in [1.165, 1.54) is 24.1 Å². The first-order chi connectivity index (χ1) is 10.6. The maximum absolute atomic E-state index is 13.8. The highest BCUT2D eigenvalue weighted by molar-refractivity contribution is 6.07. The number of carbonyl (C=O) groups is 1. The fourth-order valence-electron chi connectivity index (χ4n) is 2.15. The van der Waals surface area contributed by atoms with Crippen LogP contribution in [0.1, 0.15) is 10.4 Å². The van der Waals surface area contributed by atoms with E-state index in [-0.39, 0.29) is 11.7 Å². The molecular formula is C15H13FN4O2. The van der Waals surface area contributed by atoms with Crippen molar-refractivity contribution in [2.75, 3.05) is 19.1 Å². The van der Waals surface area contributed by atoms with Gasteiger partial charge in [0.1, 0.15) is 11.0 Å².